The Balaban J connectivity index is 1.52. The van der Waals surface area contributed by atoms with Gasteiger partial charge in [-0.2, -0.15) is 0 Å². The minimum absolute atomic E-state index is 0.102. The van der Waals surface area contributed by atoms with Gasteiger partial charge in [0.15, 0.2) is 0 Å². The van der Waals surface area contributed by atoms with Gasteiger partial charge in [-0.05, 0) is 51.0 Å². The standard InChI is InChI=1S/C22H32N2O2/c1-3-20-9-4-5-12-24(20)22(26)19-10-13-23(14-11-19)21(25)16-18-8-6-7-17(2)15-18/h6-8,15,19-20H,3-5,9-14,16H2,1-2H3. The fourth-order valence-electron chi connectivity index (χ4n) is 4.43. The van der Waals surface area contributed by atoms with Crippen LogP contribution in [0, 0.1) is 12.8 Å². The molecule has 1 atom stereocenters. The largest absolute Gasteiger partial charge is 0.342 e. The second-order valence-corrected chi connectivity index (χ2v) is 7.91. The SMILES string of the molecule is CCC1CCCCN1C(=O)C1CCN(C(=O)Cc2cccc(C)c2)CC1. The molecule has 1 unspecified atom stereocenters. The van der Waals surface area contributed by atoms with Crippen LogP contribution in [-0.2, 0) is 16.0 Å². The quantitative estimate of drug-likeness (QED) is 0.827. The van der Waals surface area contributed by atoms with Gasteiger partial charge in [-0.25, -0.2) is 0 Å². The van der Waals surface area contributed by atoms with Crippen LogP contribution in [-0.4, -0.2) is 47.3 Å². The Hall–Kier alpha value is -1.84. The number of hydrogen-bond donors (Lipinski definition) is 0. The van der Waals surface area contributed by atoms with Crippen LogP contribution in [0.4, 0.5) is 0 Å². The molecule has 2 aliphatic rings. The zero-order valence-corrected chi connectivity index (χ0v) is 16.2. The summed E-state index contributed by atoms with van der Waals surface area (Å²) in [5, 5.41) is 0. The molecular formula is C22H32N2O2. The highest BCUT2D eigenvalue weighted by atomic mass is 16.2. The van der Waals surface area contributed by atoms with Crippen LogP contribution in [0.25, 0.3) is 0 Å². The van der Waals surface area contributed by atoms with Gasteiger partial charge < -0.3 is 9.80 Å². The normalized spacial score (nSPS) is 21.7. The highest BCUT2D eigenvalue weighted by molar-refractivity contribution is 5.81. The number of likely N-dealkylation sites (tertiary alicyclic amines) is 2. The van der Waals surface area contributed by atoms with Crippen LogP contribution >= 0.6 is 0 Å². The van der Waals surface area contributed by atoms with Gasteiger partial charge in [0.25, 0.3) is 0 Å². The first-order chi connectivity index (χ1) is 12.6. The van der Waals surface area contributed by atoms with Crippen molar-refractivity contribution in [3.8, 4) is 0 Å². The predicted octanol–water partition coefficient (Wildman–Crippen LogP) is 3.57. The van der Waals surface area contributed by atoms with E-state index in [0.29, 0.717) is 31.5 Å². The molecule has 0 bridgehead atoms. The van der Waals surface area contributed by atoms with Crippen LogP contribution in [0.2, 0.25) is 0 Å². The van der Waals surface area contributed by atoms with E-state index in [1.54, 1.807) is 0 Å². The predicted molar refractivity (Wildman–Crippen MR) is 104 cm³/mol. The summed E-state index contributed by atoms with van der Waals surface area (Å²) in [5.41, 5.74) is 2.26. The summed E-state index contributed by atoms with van der Waals surface area (Å²) in [4.78, 5) is 29.6. The molecule has 0 spiro atoms. The van der Waals surface area contributed by atoms with E-state index in [0.717, 1.165) is 44.2 Å². The maximum Gasteiger partial charge on any atom is 0.226 e. The molecule has 2 heterocycles. The molecule has 2 fully saturated rings. The van der Waals surface area contributed by atoms with Gasteiger partial charge in [0, 0.05) is 31.6 Å². The summed E-state index contributed by atoms with van der Waals surface area (Å²) >= 11 is 0. The third-order valence-electron chi connectivity index (χ3n) is 6.02. The molecule has 3 rings (SSSR count). The summed E-state index contributed by atoms with van der Waals surface area (Å²) in [6.07, 6.45) is 6.67. The first-order valence-electron chi connectivity index (χ1n) is 10.2. The first-order valence-corrected chi connectivity index (χ1v) is 10.2. The van der Waals surface area contributed by atoms with Gasteiger partial charge in [0.05, 0.1) is 6.42 Å². The van der Waals surface area contributed by atoms with Crippen molar-refractivity contribution in [3.05, 3.63) is 35.4 Å². The van der Waals surface area contributed by atoms with E-state index in [1.165, 1.54) is 12.0 Å². The Morgan fingerprint density at radius 1 is 1.08 bits per heavy atom. The van der Waals surface area contributed by atoms with Crippen molar-refractivity contribution in [2.24, 2.45) is 5.92 Å². The fraction of sp³-hybridized carbons (Fsp3) is 0.636. The molecule has 1 aromatic rings. The Bertz CT molecular complexity index is 635. The Morgan fingerprint density at radius 3 is 2.54 bits per heavy atom. The number of nitrogens with zero attached hydrogens (tertiary/aromatic N) is 2. The number of rotatable bonds is 4. The molecule has 0 aliphatic carbocycles. The summed E-state index contributed by atoms with van der Waals surface area (Å²) in [6, 6.07) is 8.58. The number of carbonyl (C=O) groups excluding carboxylic acids is 2. The molecule has 0 saturated carbocycles. The highest BCUT2D eigenvalue weighted by Gasteiger charge is 2.33. The van der Waals surface area contributed by atoms with Crippen LogP contribution in [0.5, 0.6) is 0 Å². The lowest BCUT2D eigenvalue weighted by molar-refractivity contribution is -0.143. The minimum atomic E-state index is 0.102. The van der Waals surface area contributed by atoms with E-state index in [-0.39, 0.29) is 11.8 Å². The molecule has 142 valence electrons. The molecule has 0 radical (unpaired) electrons. The van der Waals surface area contributed by atoms with Crippen molar-refractivity contribution in [3.63, 3.8) is 0 Å². The lowest BCUT2D eigenvalue weighted by Crippen LogP contribution is -2.49. The van der Waals surface area contributed by atoms with E-state index >= 15 is 0 Å². The Morgan fingerprint density at radius 2 is 1.85 bits per heavy atom. The summed E-state index contributed by atoms with van der Waals surface area (Å²) < 4.78 is 0. The van der Waals surface area contributed by atoms with Gasteiger partial charge in [-0.3, -0.25) is 9.59 Å². The lowest BCUT2D eigenvalue weighted by atomic mass is 9.91. The molecule has 2 amide bonds. The van der Waals surface area contributed by atoms with Crippen molar-refractivity contribution in [2.75, 3.05) is 19.6 Å². The lowest BCUT2D eigenvalue weighted by Gasteiger charge is -2.39. The molecule has 2 saturated heterocycles. The van der Waals surface area contributed by atoms with Crippen molar-refractivity contribution < 1.29 is 9.59 Å². The number of piperidine rings is 2. The summed E-state index contributed by atoms with van der Waals surface area (Å²) in [6.45, 7) is 6.58. The van der Waals surface area contributed by atoms with Crippen molar-refractivity contribution in [1.82, 2.24) is 9.80 Å². The molecule has 26 heavy (non-hydrogen) atoms. The number of hydrogen-bond acceptors (Lipinski definition) is 2. The van der Waals surface area contributed by atoms with Gasteiger partial charge in [-0.15, -0.1) is 0 Å². The Kier molecular flexibility index (Phi) is 6.33. The molecule has 1 aromatic carbocycles. The number of aryl methyl sites for hydroxylation is 1. The number of benzene rings is 1. The van der Waals surface area contributed by atoms with E-state index in [4.69, 9.17) is 0 Å². The zero-order chi connectivity index (χ0) is 18.5. The third-order valence-corrected chi connectivity index (χ3v) is 6.02. The van der Waals surface area contributed by atoms with Crippen LogP contribution < -0.4 is 0 Å². The zero-order valence-electron chi connectivity index (χ0n) is 16.2. The second kappa shape index (κ2) is 8.70. The number of carbonyl (C=O) groups is 2. The average molecular weight is 357 g/mol. The summed E-state index contributed by atoms with van der Waals surface area (Å²) in [5.74, 6) is 0.624. The summed E-state index contributed by atoms with van der Waals surface area (Å²) in [7, 11) is 0. The Labute approximate surface area is 157 Å². The maximum atomic E-state index is 12.9. The van der Waals surface area contributed by atoms with E-state index < -0.39 is 0 Å². The van der Waals surface area contributed by atoms with Crippen molar-refractivity contribution in [2.45, 2.75) is 64.8 Å². The molecule has 0 N–H and O–H groups in total. The molecular weight excluding hydrogens is 324 g/mol. The van der Waals surface area contributed by atoms with Gasteiger partial charge in [0.1, 0.15) is 0 Å². The van der Waals surface area contributed by atoms with Gasteiger partial charge >= 0.3 is 0 Å². The fourth-order valence-corrected chi connectivity index (χ4v) is 4.43. The third kappa shape index (κ3) is 4.46. The average Bonchev–Trinajstić information content (AvgIpc) is 2.67. The smallest absolute Gasteiger partial charge is 0.226 e. The van der Waals surface area contributed by atoms with Crippen molar-refractivity contribution >= 4 is 11.8 Å². The monoisotopic (exact) mass is 356 g/mol. The minimum Gasteiger partial charge on any atom is -0.342 e. The molecule has 0 aromatic heterocycles. The van der Waals surface area contributed by atoms with Gasteiger partial charge in [0.2, 0.25) is 11.8 Å². The van der Waals surface area contributed by atoms with Crippen LogP contribution in [0.15, 0.2) is 24.3 Å². The molecule has 4 heteroatoms. The maximum absolute atomic E-state index is 12.9. The van der Waals surface area contributed by atoms with Crippen molar-refractivity contribution in [1.29, 1.82) is 0 Å². The highest BCUT2D eigenvalue weighted by Crippen LogP contribution is 2.26. The second-order valence-electron chi connectivity index (χ2n) is 7.91. The van der Waals surface area contributed by atoms with Gasteiger partial charge in [-0.1, -0.05) is 36.8 Å². The molecule has 2 aliphatic heterocycles. The van der Waals surface area contributed by atoms with E-state index in [1.807, 2.05) is 17.0 Å². The van der Waals surface area contributed by atoms with E-state index in [2.05, 4.69) is 30.9 Å². The first kappa shape index (κ1) is 18.9. The topological polar surface area (TPSA) is 40.6 Å². The number of amides is 2. The van der Waals surface area contributed by atoms with Crippen LogP contribution in [0.1, 0.15) is 56.6 Å². The van der Waals surface area contributed by atoms with E-state index in [9.17, 15) is 9.59 Å². The molecule has 4 nitrogen and oxygen atoms in total. The van der Waals surface area contributed by atoms with Crippen LogP contribution in [0.3, 0.4) is 0 Å².